The second-order valence-corrected chi connectivity index (χ2v) is 7.57. The first-order valence-electron chi connectivity index (χ1n) is 9.67. The number of rotatable bonds is 5. The summed E-state index contributed by atoms with van der Waals surface area (Å²) in [5, 5.41) is 7.35. The summed E-state index contributed by atoms with van der Waals surface area (Å²) in [5.41, 5.74) is 1.45. The molecule has 2 aromatic rings. The second kappa shape index (κ2) is 7.67. The number of aryl methyl sites for hydroxylation is 1. The molecule has 3 heterocycles. The molecule has 2 saturated heterocycles. The van der Waals surface area contributed by atoms with Crippen molar-refractivity contribution in [2.75, 3.05) is 32.7 Å². The van der Waals surface area contributed by atoms with E-state index in [0.29, 0.717) is 5.92 Å². The van der Waals surface area contributed by atoms with Crippen LogP contribution in [0.5, 0.6) is 0 Å². The van der Waals surface area contributed by atoms with E-state index in [2.05, 4.69) is 55.3 Å². The molecule has 0 spiro atoms. The number of aromatic nitrogens is 3. The topological polar surface area (TPSA) is 48.1 Å². The number of nitrogens with zero attached hydrogens (tertiary/aromatic N) is 4. The molecule has 134 valence electrons. The molecule has 1 unspecified atom stereocenters. The molecule has 1 aromatic carbocycles. The van der Waals surface area contributed by atoms with Crippen LogP contribution in [0.3, 0.4) is 0 Å². The van der Waals surface area contributed by atoms with Crippen LogP contribution >= 0.6 is 0 Å². The number of hydrogen-bond acceptors (Lipinski definition) is 4. The predicted molar refractivity (Wildman–Crippen MR) is 99.7 cm³/mol. The van der Waals surface area contributed by atoms with Crippen LogP contribution in [0.4, 0.5) is 0 Å². The number of piperidine rings is 1. The Hall–Kier alpha value is -1.72. The maximum atomic E-state index is 4.53. The van der Waals surface area contributed by atoms with Gasteiger partial charge in [0.15, 0.2) is 5.82 Å². The highest BCUT2D eigenvalue weighted by atomic mass is 15.3. The molecule has 0 aliphatic carbocycles. The van der Waals surface area contributed by atoms with Crippen molar-refractivity contribution in [3.63, 3.8) is 0 Å². The zero-order valence-electron chi connectivity index (χ0n) is 15.2. The number of hydrogen-bond donors (Lipinski definition) is 1. The molecule has 0 amide bonds. The number of H-pyrrole nitrogens is 1. The number of benzene rings is 1. The van der Waals surface area contributed by atoms with Crippen molar-refractivity contribution in [1.29, 1.82) is 0 Å². The molecule has 1 aromatic heterocycles. The van der Waals surface area contributed by atoms with Gasteiger partial charge in [-0.25, -0.2) is 4.98 Å². The van der Waals surface area contributed by atoms with Crippen LogP contribution in [0, 0.1) is 6.92 Å². The van der Waals surface area contributed by atoms with E-state index in [1.54, 1.807) is 0 Å². The second-order valence-electron chi connectivity index (χ2n) is 7.57. The van der Waals surface area contributed by atoms with Gasteiger partial charge in [0, 0.05) is 25.0 Å². The molecule has 5 heteroatoms. The van der Waals surface area contributed by atoms with E-state index >= 15 is 0 Å². The van der Waals surface area contributed by atoms with Crippen molar-refractivity contribution in [2.24, 2.45) is 0 Å². The summed E-state index contributed by atoms with van der Waals surface area (Å²) in [7, 11) is 0. The smallest absolute Gasteiger partial charge is 0.153 e. The summed E-state index contributed by atoms with van der Waals surface area (Å²) in [6, 6.07) is 11.6. The van der Waals surface area contributed by atoms with E-state index < -0.39 is 0 Å². The fraction of sp³-hybridized carbons (Fsp3) is 0.600. The maximum Gasteiger partial charge on any atom is 0.153 e. The van der Waals surface area contributed by atoms with Crippen LogP contribution in [-0.2, 0) is 6.42 Å². The summed E-state index contributed by atoms with van der Waals surface area (Å²) in [5.74, 6) is 2.49. The quantitative estimate of drug-likeness (QED) is 0.910. The highest BCUT2D eigenvalue weighted by Crippen LogP contribution is 2.28. The van der Waals surface area contributed by atoms with Crippen molar-refractivity contribution in [3.8, 4) is 0 Å². The monoisotopic (exact) mass is 339 g/mol. The zero-order valence-corrected chi connectivity index (χ0v) is 15.2. The molecular formula is C20H29N5. The minimum absolute atomic E-state index is 0.539. The molecule has 0 bridgehead atoms. The SMILES string of the molecule is Cc1nc(C2CCN(C3CCN(CCc4ccccc4)C3)CC2)n[nH]1. The molecule has 2 fully saturated rings. The highest BCUT2D eigenvalue weighted by molar-refractivity contribution is 5.15. The molecule has 2 aliphatic rings. The van der Waals surface area contributed by atoms with E-state index in [1.165, 1.54) is 64.0 Å². The van der Waals surface area contributed by atoms with Gasteiger partial charge >= 0.3 is 0 Å². The summed E-state index contributed by atoms with van der Waals surface area (Å²) >= 11 is 0. The van der Waals surface area contributed by atoms with Gasteiger partial charge in [-0.05, 0) is 57.8 Å². The molecule has 1 atom stereocenters. The maximum absolute atomic E-state index is 4.53. The Bertz CT molecular complexity index is 660. The number of aromatic amines is 1. The third-order valence-corrected chi connectivity index (χ3v) is 5.83. The average molecular weight is 339 g/mol. The third-order valence-electron chi connectivity index (χ3n) is 5.83. The number of likely N-dealkylation sites (tertiary alicyclic amines) is 2. The number of nitrogens with one attached hydrogen (secondary N) is 1. The summed E-state index contributed by atoms with van der Waals surface area (Å²) in [6.45, 7) is 8.03. The third kappa shape index (κ3) is 4.10. The van der Waals surface area contributed by atoms with Crippen LogP contribution in [0.2, 0.25) is 0 Å². The van der Waals surface area contributed by atoms with E-state index in [-0.39, 0.29) is 0 Å². The van der Waals surface area contributed by atoms with Gasteiger partial charge < -0.3 is 4.90 Å². The summed E-state index contributed by atoms with van der Waals surface area (Å²) < 4.78 is 0. The standard InChI is InChI=1S/C20H29N5/c1-16-21-20(23-22-16)18-8-13-25(14-9-18)19-10-12-24(15-19)11-7-17-5-3-2-4-6-17/h2-6,18-19H,7-15H2,1H3,(H,21,22,23). The van der Waals surface area contributed by atoms with Crippen molar-refractivity contribution >= 4 is 0 Å². The van der Waals surface area contributed by atoms with Crippen LogP contribution in [0.15, 0.2) is 30.3 Å². The molecular weight excluding hydrogens is 310 g/mol. The molecule has 25 heavy (non-hydrogen) atoms. The van der Waals surface area contributed by atoms with E-state index in [4.69, 9.17) is 0 Å². The first-order valence-corrected chi connectivity index (χ1v) is 9.67. The lowest BCUT2D eigenvalue weighted by Gasteiger charge is -2.35. The summed E-state index contributed by atoms with van der Waals surface area (Å²) in [4.78, 5) is 9.88. The Morgan fingerprint density at radius 2 is 1.88 bits per heavy atom. The minimum Gasteiger partial charge on any atom is -0.301 e. The van der Waals surface area contributed by atoms with Gasteiger partial charge in [0.2, 0.25) is 0 Å². The van der Waals surface area contributed by atoms with Crippen LogP contribution in [-0.4, -0.2) is 63.7 Å². The average Bonchev–Trinajstić information content (AvgIpc) is 3.30. The van der Waals surface area contributed by atoms with E-state index in [1.807, 2.05) is 6.92 Å². The van der Waals surface area contributed by atoms with Crippen molar-refractivity contribution in [3.05, 3.63) is 47.5 Å². The van der Waals surface area contributed by atoms with Crippen LogP contribution < -0.4 is 0 Å². The van der Waals surface area contributed by atoms with Gasteiger partial charge in [0.25, 0.3) is 0 Å². The summed E-state index contributed by atoms with van der Waals surface area (Å²) in [6.07, 6.45) is 4.87. The molecule has 4 rings (SSSR count). The predicted octanol–water partition coefficient (Wildman–Crippen LogP) is 2.61. The van der Waals surface area contributed by atoms with Gasteiger partial charge in [0.05, 0.1) is 0 Å². The molecule has 0 saturated carbocycles. The first kappa shape index (κ1) is 16.7. The Balaban J connectivity index is 1.23. The van der Waals surface area contributed by atoms with Crippen LogP contribution in [0.25, 0.3) is 0 Å². The van der Waals surface area contributed by atoms with Gasteiger partial charge in [-0.1, -0.05) is 30.3 Å². The van der Waals surface area contributed by atoms with Gasteiger partial charge in [-0.2, -0.15) is 5.10 Å². The van der Waals surface area contributed by atoms with Crippen molar-refractivity contribution < 1.29 is 0 Å². The van der Waals surface area contributed by atoms with Crippen molar-refractivity contribution in [1.82, 2.24) is 25.0 Å². The lowest BCUT2D eigenvalue weighted by atomic mass is 9.95. The Morgan fingerprint density at radius 3 is 2.60 bits per heavy atom. The molecule has 1 N–H and O–H groups in total. The Kier molecular flexibility index (Phi) is 5.13. The van der Waals surface area contributed by atoms with Gasteiger partial charge in [0.1, 0.15) is 5.82 Å². The fourth-order valence-corrected chi connectivity index (χ4v) is 4.31. The Labute approximate surface area is 150 Å². The van der Waals surface area contributed by atoms with E-state index in [9.17, 15) is 0 Å². The lowest BCUT2D eigenvalue weighted by Crippen LogP contribution is -2.42. The highest BCUT2D eigenvalue weighted by Gasteiger charge is 2.31. The minimum atomic E-state index is 0.539. The molecule has 2 aliphatic heterocycles. The lowest BCUT2D eigenvalue weighted by molar-refractivity contribution is 0.150. The molecule has 0 radical (unpaired) electrons. The zero-order chi connectivity index (χ0) is 17.1. The van der Waals surface area contributed by atoms with Crippen molar-refractivity contribution in [2.45, 2.75) is 44.6 Å². The fourth-order valence-electron chi connectivity index (χ4n) is 4.31. The Morgan fingerprint density at radius 1 is 1.08 bits per heavy atom. The van der Waals surface area contributed by atoms with E-state index in [0.717, 1.165) is 17.7 Å². The largest absolute Gasteiger partial charge is 0.301 e. The van der Waals surface area contributed by atoms with Gasteiger partial charge in [-0.3, -0.25) is 10.00 Å². The molecule has 5 nitrogen and oxygen atoms in total. The first-order chi connectivity index (χ1) is 12.3. The normalized spacial score (nSPS) is 23.3. The van der Waals surface area contributed by atoms with Crippen LogP contribution in [0.1, 0.15) is 42.4 Å². The van der Waals surface area contributed by atoms with Gasteiger partial charge in [-0.15, -0.1) is 0 Å².